The van der Waals surface area contributed by atoms with Crippen molar-refractivity contribution >= 4 is 28.7 Å². The first-order valence-electron chi connectivity index (χ1n) is 8.37. The summed E-state index contributed by atoms with van der Waals surface area (Å²) in [4.78, 5) is 24.8. The first-order chi connectivity index (χ1) is 13.9. The SMILES string of the molecule is O=C(Cn1ncn2nc(-c3ccc(F)cc3)cc2c1=O)Nc1ccc(Cl)cc1F. The molecule has 0 unspecified atom stereocenters. The van der Waals surface area contributed by atoms with Gasteiger partial charge in [-0.25, -0.2) is 18.0 Å². The van der Waals surface area contributed by atoms with E-state index < -0.39 is 23.8 Å². The lowest BCUT2D eigenvalue weighted by atomic mass is 10.1. The second-order valence-corrected chi connectivity index (χ2v) is 6.57. The number of nitrogens with one attached hydrogen (secondary N) is 1. The molecule has 4 aromatic rings. The summed E-state index contributed by atoms with van der Waals surface area (Å²) in [5, 5.41) is 10.7. The number of hydrogen-bond donors (Lipinski definition) is 1. The molecule has 0 saturated heterocycles. The van der Waals surface area contributed by atoms with Crippen molar-refractivity contribution in [1.82, 2.24) is 19.4 Å². The van der Waals surface area contributed by atoms with Crippen LogP contribution in [0.3, 0.4) is 0 Å². The fraction of sp³-hybridized carbons (Fsp3) is 0.0526. The van der Waals surface area contributed by atoms with Gasteiger partial charge in [-0.05, 0) is 48.5 Å². The molecule has 0 bridgehead atoms. The monoisotopic (exact) mass is 415 g/mol. The van der Waals surface area contributed by atoms with Crippen LogP contribution in [0.4, 0.5) is 14.5 Å². The van der Waals surface area contributed by atoms with E-state index in [2.05, 4.69) is 15.5 Å². The Morgan fingerprint density at radius 3 is 2.59 bits per heavy atom. The zero-order valence-corrected chi connectivity index (χ0v) is 15.4. The molecule has 2 aromatic carbocycles. The molecule has 7 nitrogen and oxygen atoms in total. The minimum atomic E-state index is -0.693. The molecule has 0 aliphatic heterocycles. The van der Waals surface area contributed by atoms with Gasteiger partial charge in [0, 0.05) is 10.6 Å². The second-order valence-electron chi connectivity index (χ2n) is 6.13. The lowest BCUT2D eigenvalue weighted by Crippen LogP contribution is -2.30. The third kappa shape index (κ3) is 3.85. The summed E-state index contributed by atoms with van der Waals surface area (Å²) in [6, 6.07) is 11.0. The molecule has 4 rings (SSSR count). The fourth-order valence-electron chi connectivity index (χ4n) is 2.73. The minimum Gasteiger partial charge on any atom is -0.322 e. The number of nitrogens with zero attached hydrogens (tertiary/aromatic N) is 4. The van der Waals surface area contributed by atoms with Crippen molar-refractivity contribution in [3.05, 3.63) is 81.9 Å². The molecule has 10 heteroatoms. The molecule has 0 aliphatic rings. The summed E-state index contributed by atoms with van der Waals surface area (Å²) in [5.74, 6) is -1.71. The summed E-state index contributed by atoms with van der Waals surface area (Å²) in [7, 11) is 0. The van der Waals surface area contributed by atoms with Crippen molar-refractivity contribution in [3.63, 3.8) is 0 Å². The molecule has 1 N–H and O–H groups in total. The van der Waals surface area contributed by atoms with Crippen molar-refractivity contribution < 1.29 is 13.6 Å². The maximum absolute atomic E-state index is 13.8. The number of fused-ring (bicyclic) bond motifs is 1. The second kappa shape index (κ2) is 7.44. The van der Waals surface area contributed by atoms with Gasteiger partial charge in [0.2, 0.25) is 5.91 Å². The molecule has 29 heavy (non-hydrogen) atoms. The number of carbonyl (C=O) groups excluding carboxylic acids is 1. The number of halogens is 3. The molecule has 2 heterocycles. The summed E-state index contributed by atoms with van der Waals surface area (Å²) >= 11 is 5.68. The highest BCUT2D eigenvalue weighted by Crippen LogP contribution is 2.19. The molecule has 1 amide bonds. The van der Waals surface area contributed by atoms with Gasteiger partial charge in [-0.1, -0.05) is 11.6 Å². The molecule has 0 fully saturated rings. The maximum Gasteiger partial charge on any atom is 0.293 e. The van der Waals surface area contributed by atoms with Gasteiger partial charge < -0.3 is 5.32 Å². The summed E-state index contributed by atoms with van der Waals surface area (Å²) in [6.45, 7) is -0.422. The van der Waals surface area contributed by atoms with Gasteiger partial charge in [-0.3, -0.25) is 9.59 Å². The predicted octanol–water partition coefficient (Wildman–Crippen LogP) is 3.13. The summed E-state index contributed by atoms with van der Waals surface area (Å²) in [6.07, 6.45) is 1.28. The molecule has 0 aliphatic carbocycles. The van der Waals surface area contributed by atoms with Crippen LogP contribution in [0.1, 0.15) is 0 Å². The maximum atomic E-state index is 13.8. The van der Waals surface area contributed by atoms with Crippen molar-refractivity contribution in [1.29, 1.82) is 0 Å². The van der Waals surface area contributed by atoms with E-state index in [-0.39, 0.29) is 22.0 Å². The molecule has 0 saturated carbocycles. The van der Waals surface area contributed by atoms with Gasteiger partial charge in [0.05, 0.1) is 11.4 Å². The third-order valence-corrected chi connectivity index (χ3v) is 4.36. The van der Waals surface area contributed by atoms with Crippen LogP contribution in [-0.2, 0) is 11.3 Å². The Labute approximate surface area is 167 Å². The summed E-state index contributed by atoms with van der Waals surface area (Å²) in [5.41, 5.74) is 0.646. The summed E-state index contributed by atoms with van der Waals surface area (Å²) < 4.78 is 29.1. The number of rotatable bonds is 4. The highest BCUT2D eigenvalue weighted by Gasteiger charge is 2.14. The topological polar surface area (TPSA) is 81.3 Å². The Bertz CT molecular complexity index is 1280. The lowest BCUT2D eigenvalue weighted by Gasteiger charge is -2.07. The van der Waals surface area contributed by atoms with E-state index in [0.29, 0.717) is 11.3 Å². The van der Waals surface area contributed by atoms with Crippen molar-refractivity contribution in [2.24, 2.45) is 0 Å². The minimum absolute atomic E-state index is 0.0588. The molecular weight excluding hydrogens is 404 g/mol. The van der Waals surface area contributed by atoms with Gasteiger partial charge in [0.15, 0.2) is 0 Å². The van der Waals surface area contributed by atoms with Crippen LogP contribution in [-0.4, -0.2) is 25.3 Å². The Morgan fingerprint density at radius 2 is 1.86 bits per heavy atom. The lowest BCUT2D eigenvalue weighted by molar-refractivity contribution is -0.117. The molecule has 0 atom stereocenters. The average Bonchev–Trinajstić information content (AvgIpc) is 3.12. The Balaban J connectivity index is 1.59. The van der Waals surface area contributed by atoms with E-state index in [4.69, 9.17) is 11.6 Å². The fourth-order valence-corrected chi connectivity index (χ4v) is 2.89. The number of benzene rings is 2. The van der Waals surface area contributed by atoms with E-state index in [0.717, 1.165) is 10.7 Å². The van der Waals surface area contributed by atoms with Crippen molar-refractivity contribution in [2.75, 3.05) is 5.32 Å². The number of carbonyl (C=O) groups is 1. The van der Waals surface area contributed by atoms with Crippen LogP contribution in [0.15, 0.2) is 59.7 Å². The predicted molar refractivity (Wildman–Crippen MR) is 103 cm³/mol. The van der Waals surface area contributed by atoms with Crippen molar-refractivity contribution in [3.8, 4) is 11.3 Å². The molecule has 146 valence electrons. The zero-order valence-electron chi connectivity index (χ0n) is 14.6. The van der Waals surface area contributed by atoms with Crippen LogP contribution in [0.2, 0.25) is 5.02 Å². The van der Waals surface area contributed by atoms with E-state index >= 15 is 0 Å². The number of aromatic nitrogens is 4. The number of hydrogen-bond acceptors (Lipinski definition) is 4. The molecule has 0 radical (unpaired) electrons. The van der Waals surface area contributed by atoms with Gasteiger partial charge in [0.1, 0.15) is 30.0 Å². The van der Waals surface area contributed by atoms with E-state index in [1.165, 1.54) is 53.3 Å². The Hall–Kier alpha value is -3.59. The molecular formula is C19H12ClF2N5O2. The first kappa shape index (κ1) is 18.8. The van der Waals surface area contributed by atoms with E-state index in [1.807, 2.05) is 0 Å². The first-order valence-corrected chi connectivity index (χ1v) is 8.75. The van der Waals surface area contributed by atoms with Gasteiger partial charge >= 0.3 is 0 Å². The van der Waals surface area contributed by atoms with E-state index in [9.17, 15) is 18.4 Å². The van der Waals surface area contributed by atoms with Crippen LogP contribution in [0, 0.1) is 11.6 Å². The smallest absolute Gasteiger partial charge is 0.293 e. The van der Waals surface area contributed by atoms with E-state index in [1.54, 1.807) is 0 Å². The van der Waals surface area contributed by atoms with Gasteiger partial charge in [-0.2, -0.15) is 10.2 Å². The Kier molecular flexibility index (Phi) is 4.81. The number of anilines is 1. The highest BCUT2D eigenvalue weighted by molar-refractivity contribution is 6.30. The largest absolute Gasteiger partial charge is 0.322 e. The molecule has 2 aromatic heterocycles. The van der Waals surface area contributed by atoms with Gasteiger partial charge in [-0.15, -0.1) is 0 Å². The van der Waals surface area contributed by atoms with Crippen LogP contribution in [0.25, 0.3) is 16.8 Å². The normalized spacial score (nSPS) is 11.0. The quantitative estimate of drug-likeness (QED) is 0.555. The van der Waals surface area contributed by atoms with Crippen molar-refractivity contribution in [2.45, 2.75) is 6.54 Å². The van der Waals surface area contributed by atoms with Crippen LogP contribution in [0.5, 0.6) is 0 Å². The van der Waals surface area contributed by atoms with Gasteiger partial charge in [0.25, 0.3) is 5.56 Å². The van der Waals surface area contributed by atoms with Crippen LogP contribution < -0.4 is 10.9 Å². The zero-order chi connectivity index (χ0) is 20.5. The highest BCUT2D eigenvalue weighted by atomic mass is 35.5. The average molecular weight is 416 g/mol. The standard InChI is InChI=1S/C19H12ClF2N5O2/c20-12-3-6-15(14(22)7-12)24-18(28)9-26-19(29)17-8-16(25-27(17)10-23-26)11-1-4-13(21)5-2-11/h1-8,10H,9H2,(H,24,28). The van der Waals surface area contributed by atoms with Crippen LogP contribution >= 0.6 is 11.6 Å². The third-order valence-electron chi connectivity index (χ3n) is 4.13. The molecule has 0 spiro atoms. The number of amides is 1. The Morgan fingerprint density at radius 1 is 1.10 bits per heavy atom.